The summed E-state index contributed by atoms with van der Waals surface area (Å²) in [5.74, 6) is -0.922. The molecular formula is C20H24Cl2FNO2. The third-order valence-electron chi connectivity index (χ3n) is 6.12. The van der Waals surface area contributed by atoms with E-state index in [0.29, 0.717) is 6.42 Å². The van der Waals surface area contributed by atoms with Gasteiger partial charge in [-0.25, -0.2) is 4.39 Å². The zero-order chi connectivity index (χ0) is 19.1. The second kappa shape index (κ2) is 7.47. The van der Waals surface area contributed by atoms with Crippen LogP contribution >= 0.6 is 23.2 Å². The summed E-state index contributed by atoms with van der Waals surface area (Å²) in [5, 5.41) is 3.47. The SMILES string of the molecule is CC1CC(=O)CC1C(=O)NC(c1c(F)ccc(Cl)c1Cl)C1(C)CCCC1. The number of Topliss-reactive ketones (excluding diaryl/α,β-unsaturated/α-hetero) is 1. The molecule has 1 aromatic carbocycles. The van der Waals surface area contributed by atoms with Gasteiger partial charge in [0.05, 0.1) is 16.1 Å². The van der Waals surface area contributed by atoms with Gasteiger partial charge >= 0.3 is 0 Å². The number of carbonyl (C=O) groups excluding carboxylic acids is 2. The Labute approximate surface area is 163 Å². The number of amides is 1. The van der Waals surface area contributed by atoms with E-state index in [2.05, 4.69) is 12.2 Å². The fourth-order valence-corrected chi connectivity index (χ4v) is 4.93. The van der Waals surface area contributed by atoms with Crippen molar-refractivity contribution in [3.63, 3.8) is 0 Å². The predicted molar refractivity (Wildman–Crippen MR) is 101 cm³/mol. The Morgan fingerprint density at radius 1 is 1.27 bits per heavy atom. The van der Waals surface area contributed by atoms with Crippen molar-refractivity contribution in [2.24, 2.45) is 17.3 Å². The molecule has 0 spiro atoms. The van der Waals surface area contributed by atoms with E-state index >= 15 is 0 Å². The van der Waals surface area contributed by atoms with Crippen molar-refractivity contribution in [2.75, 3.05) is 0 Å². The third kappa shape index (κ3) is 3.63. The summed E-state index contributed by atoms with van der Waals surface area (Å²) in [6, 6.07) is 2.16. The van der Waals surface area contributed by atoms with Crippen LogP contribution in [-0.4, -0.2) is 11.7 Å². The molecule has 0 bridgehead atoms. The highest BCUT2D eigenvalue weighted by molar-refractivity contribution is 6.42. The normalized spacial score (nSPS) is 26.1. The van der Waals surface area contributed by atoms with Crippen molar-refractivity contribution in [1.82, 2.24) is 5.32 Å². The Kier molecular flexibility index (Phi) is 5.64. The molecule has 2 fully saturated rings. The minimum Gasteiger partial charge on any atom is -0.348 e. The lowest BCUT2D eigenvalue weighted by molar-refractivity contribution is -0.128. The van der Waals surface area contributed by atoms with Gasteiger partial charge in [0.1, 0.15) is 11.6 Å². The Morgan fingerprint density at radius 3 is 2.50 bits per heavy atom. The Balaban J connectivity index is 1.97. The molecule has 1 aromatic rings. The van der Waals surface area contributed by atoms with Gasteiger partial charge in [0.2, 0.25) is 5.91 Å². The summed E-state index contributed by atoms with van der Waals surface area (Å²) >= 11 is 12.5. The molecule has 2 aliphatic carbocycles. The lowest BCUT2D eigenvalue weighted by atomic mass is 9.76. The second-order valence-electron chi connectivity index (χ2n) is 8.09. The van der Waals surface area contributed by atoms with Crippen molar-refractivity contribution >= 4 is 34.9 Å². The number of ketones is 1. The zero-order valence-electron chi connectivity index (χ0n) is 15.1. The first kappa shape index (κ1) is 19.6. The fraction of sp³-hybridized carbons (Fsp3) is 0.600. The molecule has 3 nitrogen and oxygen atoms in total. The van der Waals surface area contributed by atoms with Gasteiger partial charge in [0.25, 0.3) is 0 Å². The lowest BCUT2D eigenvalue weighted by Gasteiger charge is -2.37. The van der Waals surface area contributed by atoms with E-state index in [4.69, 9.17) is 23.2 Å². The Morgan fingerprint density at radius 2 is 1.92 bits per heavy atom. The van der Waals surface area contributed by atoms with Gasteiger partial charge in [-0.2, -0.15) is 0 Å². The fourth-order valence-electron chi connectivity index (χ4n) is 4.51. The van der Waals surface area contributed by atoms with E-state index in [0.717, 1.165) is 25.7 Å². The summed E-state index contributed by atoms with van der Waals surface area (Å²) in [6.07, 6.45) is 4.48. The minimum atomic E-state index is -0.563. The monoisotopic (exact) mass is 399 g/mol. The van der Waals surface area contributed by atoms with E-state index in [1.165, 1.54) is 12.1 Å². The van der Waals surface area contributed by atoms with Crippen LogP contribution < -0.4 is 5.32 Å². The number of rotatable bonds is 4. The van der Waals surface area contributed by atoms with E-state index in [1.807, 2.05) is 6.92 Å². The number of halogens is 3. The highest BCUT2D eigenvalue weighted by Gasteiger charge is 2.43. The summed E-state index contributed by atoms with van der Waals surface area (Å²) < 4.78 is 14.7. The van der Waals surface area contributed by atoms with E-state index in [-0.39, 0.29) is 51.0 Å². The van der Waals surface area contributed by atoms with Gasteiger partial charge in [-0.15, -0.1) is 0 Å². The van der Waals surface area contributed by atoms with Crippen molar-refractivity contribution in [3.05, 3.63) is 33.6 Å². The lowest BCUT2D eigenvalue weighted by Crippen LogP contribution is -2.42. The smallest absolute Gasteiger partial charge is 0.224 e. The molecule has 142 valence electrons. The molecule has 0 aliphatic heterocycles. The van der Waals surface area contributed by atoms with E-state index in [9.17, 15) is 14.0 Å². The second-order valence-corrected chi connectivity index (χ2v) is 8.88. The molecule has 1 N–H and O–H groups in total. The number of hydrogen-bond donors (Lipinski definition) is 1. The van der Waals surface area contributed by atoms with Crippen molar-refractivity contribution < 1.29 is 14.0 Å². The molecule has 6 heteroatoms. The van der Waals surface area contributed by atoms with Crippen LogP contribution in [-0.2, 0) is 9.59 Å². The number of benzene rings is 1. The number of hydrogen-bond acceptors (Lipinski definition) is 2. The van der Waals surface area contributed by atoms with Gasteiger partial charge in [-0.3, -0.25) is 9.59 Å². The van der Waals surface area contributed by atoms with Crippen LogP contribution in [0.5, 0.6) is 0 Å². The van der Waals surface area contributed by atoms with Crippen molar-refractivity contribution in [2.45, 2.75) is 58.4 Å². The van der Waals surface area contributed by atoms with Crippen LogP contribution in [0.2, 0.25) is 10.0 Å². The quantitative estimate of drug-likeness (QED) is 0.680. The summed E-state index contributed by atoms with van der Waals surface area (Å²) in [5.41, 5.74) is -0.0367. The van der Waals surface area contributed by atoms with Crippen LogP contribution in [0.15, 0.2) is 12.1 Å². The molecule has 0 radical (unpaired) electrons. The predicted octanol–water partition coefficient (Wildman–Crippen LogP) is 5.49. The zero-order valence-corrected chi connectivity index (χ0v) is 16.6. The highest BCUT2D eigenvalue weighted by atomic mass is 35.5. The largest absolute Gasteiger partial charge is 0.348 e. The van der Waals surface area contributed by atoms with E-state index < -0.39 is 11.9 Å². The maximum Gasteiger partial charge on any atom is 0.224 e. The number of carbonyl (C=O) groups is 2. The third-order valence-corrected chi connectivity index (χ3v) is 6.94. The van der Waals surface area contributed by atoms with Crippen LogP contribution in [0.25, 0.3) is 0 Å². The Bertz CT molecular complexity index is 731. The van der Waals surface area contributed by atoms with E-state index in [1.54, 1.807) is 0 Å². The average Bonchev–Trinajstić information content (AvgIpc) is 3.16. The van der Waals surface area contributed by atoms with Crippen molar-refractivity contribution in [3.8, 4) is 0 Å². The van der Waals surface area contributed by atoms with Crippen LogP contribution in [0.1, 0.15) is 64.0 Å². The summed E-state index contributed by atoms with van der Waals surface area (Å²) in [7, 11) is 0. The van der Waals surface area contributed by atoms with Gasteiger partial charge in [-0.05, 0) is 36.3 Å². The van der Waals surface area contributed by atoms with Gasteiger partial charge in [0, 0.05) is 24.3 Å². The summed E-state index contributed by atoms with van der Waals surface area (Å²) in [6.45, 7) is 3.97. The molecule has 3 unspecified atom stereocenters. The minimum absolute atomic E-state index is 0.000727. The molecule has 0 saturated heterocycles. The summed E-state index contributed by atoms with van der Waals surface area (Å²) in [4.78, 5) is 24.6. The first-order valence-corrected chi connectivity index (χ1v) is 9.94. The average molecular weight is 400 g/mol. The van der Waals surface area contributed by atoms with Crippen molar-refractivity contribution in [1.29, 1.82) is 0 Å². The first-order valence-electron chi connectivity index (χ1n) is 9.18. The molecular weight excluding hydrogens is 376 g/mol. The first-order chi connectivity index (χ1) is 12.2. The molecule has 2 aliphatic rings. The van der Waals surface area contributed by atoms with Gasteiger partial charge in [0.15, 0.2) is 0 Å². The van der Waals surface area contributed by atoms with Gasteiger partial charge in [-0.1, -0.05) is 49.9 Å². The molecule has 1 amide bonds. The molecule has 2 saturated carbocycles. The molecule has 0 heterocycles. The molecule has 0 aromatic heterocycles. The highest BCUT2D eigenvalue weighted by Crippen LogP contribution is 2.50. The Hall–Kier alpha value is -1.13. The maximum absolute atomic E-state index is 14.7. The maximum atomic E-state index is 14.7. The van der Waals surface area contributed by atoms with Crippen LogP contribution in [0.3, 0.4) is 0 Å². The number of nitrogens with one attached hydrogen (secondary N) is 1. The standard InChI is InChI=1S/C20H24Cl2FNO2/c1-11-9-12(25)10-13(11)19(26)24-18(20(2)7-3-4-8-20)16-15(23)6-5-14(21)17(16)22/h5-6,11,13,18H,3-4,7-10H2,1-2H3,(H,24,26). The molecule has 3 rings (SSSR count). The van der Waals surface area contributed by atoms with Crippen LogP contribution in [0, 0.1) is 23.1 Å². The topological polar surface area (TPSA) is 46.2 Å². The van der Waals surface area contributed by atoms with Crippen LogP contribution in [0.4, 0.5) is 4.39 Å². The molecule has 3 atom stereocenters. The van der Waals surface area contributed by atoms with Gasteiger partial charge < -0.3 is 5.32 Å². The molecule has 26 heavy (non-hydrogen) atoms.